The van der Waals surface area contributed by atoms with Gasteiger partial charge in [0.1, 0.15) is 12.6 Å². The Balaban J connectivity index is 1.98. The van der Waals surface area contributed by atoms with Gasteiger partial charge in [0, 0.05) is 32.1 Å². The fourth-order valence-corrected chi connectivity index (χ4v) is 2.98. The number of amides is 1. The zero-order valence-electron chi connectivity index (χ0n) is 14.7. The Hall–Kier alpha value is -2.14. The van der Waals surface area contributed by atoms with Crippen molar-refractivity contribution in [2.75, 3.05) is 26.2 Å². The number of carbonyl (C=O) groups excluding carboxylic acids is 1. The first-order valence-electron chi connectivity index (χ1n) is 8.33. The van der Waals surface area contributed by atoms with Gasteiger partial charge in [-0.25, -0.2) is 4.79 Å². The van der Waals surface area contributed by atoms with Crippen molar-refractivity contribution < 1.29 is 9.32 Å². The van der Waals surface area contributed by atoms with Crippen molar-refractivity contribution in [3.05, 3.63) is 16.4 Å². The number of piperazine rings is 1. The average Bonchev–Trinajstić information content (AvgIpc) is 2.89. The molecule has 1 amide bonds. The Labute approximate surface area is 141 Å². The van der Waals surface area contributed by atoms with E-state index in [9.17, 15) is 14.9 Å². The van der Waals surface area contributed by atoms with Gasteiger partial charge in [-0.2, -0.15) is 5.26 Å². The maximum Gasteiger partial charge on any atom is 0.442 e. The summed E-state index contributed by atoms with van der Waals surface area (Å²) in [6.07, 6.45) is 0. The van der Waals surface area contributed by atoms with Crippen LogP contribution in [0.3, 0.4) is 0 Å². The number of hydrogen-bond donors (Lipinski definition) is 0. The molecule has 8 heteroatoms. The van der Waals surface area contributed by atoms with Gasteiger partial charge in [-0.05, 0) is 5.92 Å². The first-order chi connectivity index (χ1) is 11.3. The topological polar surface area (TPSA) is 95.4 Å². The highest BCUT2D eigenvalue weighted by molar-refractivity contribution is 5.76. The third-order valence-electron chi connectivity index (χ3n) is 4.35. The van der Waals surface area contributed by atoms with Crippen molar-refractivity contribution in [2.45, 2.75) is 46.2 Å². The molecule has 1 aromatic heterocycles. The van der Waals surface area contributed by atoms with Gasteiger partial charge in [0.25, 0.3) is 0 Å². The predicted molar refractivity (Wildman–Crippen MR) is 87.2 cm³/mol. The summed E-state index contributed by atoms with van der Waals surface area (Å²) in [7, 11) is 0. The lowest BCUT2D eigenvalue weighted by Gasteiger charge is -2.38. The fourth-order valence-electron chi connectivity index (χ4n) is 2.98. The Morgan fingerprint density at radius 3 is 2.38 bits per heavy atom. The zero-order chi connectivity index (χ0) is 17.9. The van der Waals surface area contributed by atoms with E-state index in [1.165, 1.54) is 4.57 Å². The Kier molecular flexibility index (Phi) is 5.78. The molecule has 0 aliphatic carbocycles. The SMILES string of the molecule is CC(C)c1noc(=O)n1CC(=O)N1CCN(C(C#N)C(C)C)CC1. The molecule has 0 aromatic carbocycles. The molecule has 2 heterocycles. The van der Waals surface area contributed by atoms with Crippen LogP contribution in [-0.2, 0) is 11.3 Å². The van der Waals surface area contributed by atoms with Gasteiger partial charge in [-0.1, -0.05) is 32.9 Å². The Morgan fingerprint density at radius 2 is 1.88 bits per heavy atom. The van der Waals surface area contributed by atoms with Crippen LogP contribution in [0.1, 0.15) is 39.4 Å². The largest absolute Gasteiger partial charge is 0.442 e. The molecule has 0 radical (unpaired) electrons. The molecule has 1 aliphatic rings. The lowest BCUT2D eigenvalue weighted by molar-refractivity contribution is -0.134. The second-order valence-electron chi connectivity index (χ2n) is 6.78. The average molecular weight is 335 g/mol. The van der Waals surface area contributed by atoms with Crippen molar-refractivity contribution in [2.24, 2.45) is 5.92 Å². The number of nitriles is 1. The summed E-state index contributed by atoms with van der Waals surface area (Å²) in [5.74, 6) is 0.0104. The molecular weight excluding hydrogens is 310 g/mol. The van der Waals surface area contributed by atoms with Crippen LogP contribution in [0.15, 0.2) is 9.32 Å². The standard InChI is InChI=1S/C16H25N5O3/c1-11(2)13(9-17)19-5-7-20(8-6-19)14(22)10-21-15(12(3)4)18-24-16(21)23/h11-13H,5-8,10H2,1-4H3. The summed E-state index contributed by atoms with van der Waals surface area (Å²) in [6, 6.07) is 2.21. The summed E-state index contributed by atoms with van der Waals surface area (Å²) < 4.78 is 5.97. The molecule has 1 saturated heterocycles. The van der Waals surface area contributed by atoms with Crippen LogP contribution >= 0.6 is 0 Å². The van der Waals surface area contributed by atoms with Gasteiger partial charge in [0.05, 0.1) is 6.07 Å². The fraction of sp³-hybridized carbons (Fsp3) is 0.750. The molecule has 1 atom stereocenters. The van der Waals surface area contributed by atoms with Crippen LogP contribution < -0.4 is 5.76 Å². The highest BCUT2D eigenvalue weighted by Crippen LogP contribution is 2.14. The Morgan fingerprint density at radius 1 is 1.25 bits per heavy atom. The quantitative estimate of drug-likeness (QED) is 0.784. The molecular formula is C16H25N5O3. The van der Waals surface area contributed by atoms with Crippen LogP contribution in [0.25, 0.3) is 0 Å². The van der Waals surface area contributed by atoms with E-state index in [0.29, 0.717) is 32.0 Å². The van der Waals surface area contributed by atoms with Crippen LogP contribution in [-0.4, -0.2) is 57.7 Å². The van der Waals surface area contributed by atoms with Crippen molar-refractivity contribution in [3.8, 4) is 6.07 Å². The van der Waals surface area contributed by atoms with Crippen molar-refractivity contribution in [1.29, 1.82) is 5.26 Å². The van der Waals surface area contributed by atoms with Crippen LogP contribution in [0.5, 0.6) is 0 Å². The molecule has 132 valence electrons. The second kappa shape index (κ2) is 7.62. The van der Waals surface area contributed by atoms with Crippen molar-refractivity contribution >= 4 is 5.91 Å². The normalized spacial score (nSPS) is 17.3. The van der Waals surface area contributed by atoms with Gasteiger partial charge in [0.2, 0.25) is 5.91 Å². The maximum absolute atomic E-state index is 12.5. The molecule has 1 aliphatic heterocycles. The van der Waals surface area contributed by atoms with Gasteiger partial charge < -0.3 is 4.90 Å². The van der Waals surface area contributed by atoms with Gasteiger partial charge in [-0.15, -0.1) is 0 Å². The van der Waals surface area contributed by atoms with Crippen LogP contribution in [0.4, 0.5) is 0 Å². The van der Waals surface area contributed by atoms with E-state index in [4.69, 9.17) is 0 Å². The smallest absolute Gasteiger partial charge is 0.339 e. The van der Waals surface area contributed by atoms with Crippen molar-refractivity contribution in [3.63, 3.8) is 0 Å². The monoisotopic (exact) mass is 335 g/mol. The highest BCUT2D eigenvalue weighted by atomic mass is 16.5. The van der Waals surface area contributed by atoms with E-state index in [1.54, 1.807) is 4.90 Å². The zero-order valence-corrected chi connectivity index (χ0v) is 14.7. The molecule has 2 rings (SSSR count). The summed E-state index contributed by atoms with van der Waals surface area (Å²) in [5.41, 5.74) is 0. The Bertz CT molecular complexity index is 662. The van der Waals surface area contributed by atoms with E-state index >= 15 is 0 Å². The number of rotatable bonds is 5. The molecule has 0 N–H and O–H groups in total. The van der Waals surface area contributed by atoms with Gasteiger partial charge in [0.15, 0.2) is 5.82 Å². The minimum atomic E-state index is -0.602. The molecule has 1 fully saturated rings. The molecule has 0 saturated carbocycles. The lowest BCUT2D eigenvalue weighted by atomic mass is 10.0. The molecule has 0 bridgehead atoms. The minimum absolute atomic E-state index is 0.00326. The first-order valence-corrected chi connectivity index (χ1v) is 8.33. The van der Waals surface area contributed by atoms with Crippen LogP contribution in [0, 0.1) is 17.2 Å². The number of carbonyl (C=O) groups is 1. The van der Waals surface area contributed by atoms with E-state index in [0.717, 1.165) is 0 Å². The van der Waals surface area contributed by atoms with Gasteiger partial charge in [-0.3, -0.25) is 18.8 Å². The summed E-state index contributed by atoms with van der Waals surface area (Å²) in [4.78, 5) is 28.1. The summed E-state index contributed by atoms with van der Waals surface area (Å²) in [6.45, 7) is 10.2. The third-order valence-corrected chi connectivity index (χ3v) is 4.35. The van der Waals surface area contributed by atoms with Gasteiger partial charge >= 0.3 is 5.76 Å². The van der Waals surface area contributed by atoms with Crippen LogP contribution in [0.2, 0.25) is 0 Å². The summed E-state index contributed by atoms with van der Waals surface area (Å²) >= 11 is 0. The highest BCUT2D eigenvalue weighted by Gasteiger charge is 2.28. The summed E-state index contributed by atoms with van der Waals surface area (Å²) in [5, 5.41) is 13.0. The second-order valence-corrected chi connectivity index (χ2v) is 6.78. The van der Waals surface area contributed by atoms with Crippen molar-refractivity contribution in [1.82, 2.24) is 19.5 Å². The van der Waals surface area contributed by atoms with E-state index in [-0.39, 0.29) is 30.3 Å². The number of aromatic nitrogens is 2. The number of hydrogen-bond acceptors (Lipinski definition) is 6. The number of nitrogens with zero attached hydrogens (tertiary/aromatic N) is 5. The molecule has 0 spiro atoms. The molecule has 24 heavy (non-hydrogen) atoms. The molecule has 8 nitrogen and oxygen atoms in total. The van der Waals surface area contributed by atoms with E-state index in [2.05, 4.69) is 20.6 Å². The molecule has 1 unspecified atom stereocenters. The first kappa shape index (κ1) is 18.2. The molecule has 1 aromatic rings. The van der Waals surface area contributed by atoms with E-state index in [1.807, 2.05) is 27.7 Å². The predicted octanol–water partition coefficient (Wildman–Crippen LogP) is 0.652. The van der Waals surface area contributed by atoms with E-state index < -0.39 is 5.76 Å². The lowest BCUT2D eigenvalue weighted by Crippen LogP contribution is -2.53. The maximum atomic E-state index is 12.5. The third kappa shape index (κ3) is 3.85. The minimum Gasteiger partial charge on any atom is -0.339 e.